The Bertz CT molecular complexity index is 300. The van der Waals surface area contributed by atoms with Crippen LogP contribution in [0.5, 0.6) is 0 Å². The van der Waals surface area contributed by atoms with E-state index in [-0.39, 0.29) is 23.9 Å². The molecular weight excluding hydrogens is 228 g/mol. The highest BCUT2D eigenvalue weighted by molar-refractivity contribution is 5.94. The molecule has 1 rings (SSSR count). The number of carbonyl (C=O) groups excluding carboxylic acids is 1. The van der Waals surface area contributed by atoms with Gasteiger partial charge >= 0.3 is 0 Å². The Kier molecular flexibility index (Phi) is 6.14. The third-order valence-electron chi connectivity index (χ3n) is 2.91. The third-order valence-corrected chi connectivity index (χ3v) is 2.91. The number of nitrogens with two attached hydrogens (primary N) is 1. The van der Waals surface area contributed by atoms with Gasteiger partial charge < -0.3 is 15.5 Å². The predicted octanol–water partition coefficient (Wildman–Crippen LogP) is 1.95. The summed E-state index contributed by atoms with van der Waals surface area (Å²) in [5.41, 5.74) is 5.93. The molecule has 0 aromatic carbocycles. The van der Waals surface area contributed by atoms with Crippen LogP contribution < -0.4 is 11.1 Å². The second-order valence-electron chi connectivity index (χ2n) is 3.66. The Morgan fingerprint density at radius 1 is 1.50 bits per heavy atom. The zero-order valence-corrected chi connectivity index (χ0v) is 10.5. The number of hydrogen-bond acceptors (Lipinski definition) is 3. The molecule has 1 amide bonds. The van der Waals surface area contributed by atoms with Gasteiger partial charge in [-0.3, -0.25) is 4.79 Å². The van der Waals surface area contributed by atoms with Crippen molar-refractivity contribution in [2.24, 2.45) is 5.73 Å². The molecule has 0 bridgehead atoms. The highest BCUT2D eigenvalue weighted by Crippen LogP contribution is 2.14. The summed E-state index contributed by atoms with van der Waals surface area (Å²) in [6.45, 7) is 4.49. The molecule has 0 unspecified atom stereocenters. The lowest BCUT2D eigenvalue weighted by Crippen LogP contribution is -2.52. The van der Waals surface area contributed by atoms with E-state index < -0.39 is 0 Å². The Morgan fingerprint density at radius 2 is 2.12 bits per heavy atom. The van der Waals surface area contributed by atoms with Crippen LogP contribution in [0.3, 0.4) is 0 Å². The minimum Gasteiger partial charge on any atom is -0.472 e. The maximum atomic E-state index is 11.8. The molecule has 0 atom stereocenters. The lowest BCUT2D eigenvalue weighted by Gasteiger charge is -2.31. The fraction of sp³-hybridized carbons (Fsp3) is 0.545. The van der Waals surface area contributed by atoms with Gasteiger partial charge in [-0.15, -0.1) is 12.4 Å². The Hall–Kier alpha value is -1.00. The molecule has 1 heterocycles. The lowest BCUT2D eigenvalue weighted by molar-refractivity contribution is 0.0894. The zero-order chi connectivity index (χ0) is 11.3. The van der Waals surface area contributed by atoms with E-state index in [4.69, 9.17) is 10.2 Å². The second kappa shape index (κ2) is 6.55. The van der Waals surface area contributed by atoms with Gasteiger partial charge in [0.25, 0.3) is 5.91 Å². The normalized spacial score (nSPS) is 10.7. The molecule has 5 heteroatoms. The maximum Gasteiger partial charge on any atom is 0.255 e. The summed E-state index contributed by atoms with van der Waals surface area (Å²) in [7, 11) is 0. The van der Waals surface area contributed by atoms with Crippen LogP contribution >= 0.6 is 12.4 Å². The van der Waals surface area contributed by atoms with Crippen LogP contribution in [-0.4, -0.2) is 18.0 Å². The average molecular weight is 247 g/mol. The Labute approximate surface area is 102 Å². The highest BCUT2D eigenvalue weighted by Gasteiger charge is 2.26. The number of hydrogen-bond donors (Lipinski definition) is 2. The van der Waals surface area contributed by atoms with Crippen molar-refractivity contribution in [1.82, 2.24) is 5.32 Å². The molecule has 4 nitrogen and oxygen atoms in total. The minimum absolute atomic E-state index is 0. The first-order valence-corrected chi connectivity index (χ1v) is 5.22. The smallest absolute Gasteiger partial charge is 0.255 e. The SMILES string of the molecule is CCC(CC)(CN)NC(=O)c1ccoc1.Cl. The molecule has 0 spiro atoms. The Balaban J connectivity index is 0.00000225. The largest absolute Gasteiger partial charge is 0.472 e. The second-order valence-corrected chi connectivity index (χ2v) is 3.66. The third kappa shape index (κ3) is 3.25. The number of rotatable bonds is 5. The number of halogens is 1. The van der Waals surface area contributed by atoms with Crippen molar-refractivity contribution in [2.45, 2.75) is 32.2 Å². The van der Waals surface area contributed by atoms with Gasteiger partial charge in [-0.1, -0.05) is 13.8 Å². The molecule has 0 radical (unpaired) electrons. The van der Waals surface area contributed by atoms with E-state index in [9.17, 15) is 4.79 Å². The van der Waals surface area contributed by atoms with Crippen molar-refractivity contribution in [1.29, 1.82) is 0 Å². The summed E-state index contributed by atoms with van der Waals surface area (Å²) in [6, 6.07) is 1.64. The summed E-state index contributed by atoms with van der Waals surface area (Å²) in [6.07, 6.45) is 4.56. The fourth-order valence-electron chi connectivity index (χ4n) is 1.47. The minimum atomic E-state index is -0.297. The van der Waals surface area contributed by atoms with Crippen molar-refractivity contribution < 1.29 is 9.21 Å². The van der Waals surface area contributed by atoms with Gasteiger partial charge in [0.15, 0.2) is 0 Å². The monoisotopic (exact) mass is 246 g/mol. The molecule has 16 heavy (non-hydrogen) atoms. The van der Waals surface area contributed by atoms with E-state index in [1.165, 1.54) is 12.5 Å². The molecule has 0 aliphatic carbocycles. The average Bonchev–Trinajstić information content (AvgIpc) is 2.79. The molecule has 92 valence electrons. The summed E-state index contributed by atoms with van der Waals surface area (Å²) >= 11 is 0. The van der Waals surface area contributed by atoms with Crippen LogP contribution in [0, 0.1) is 0 Å². The Morgan fingerprint density at radius 3 is 2.50 bits per heavy atom. The number of amides is 1. The van der Waals surface area contributed by atoms with Crippen molar-refractivity contribution in [2.75, 3.05) is 6.54 Å². The van der Waals surface area contributed by atoms with E-state index in [0.29, 0.717) is 12.1 Å². The molecule has 0 aliphatic heterocycles. The van der Waals surface area contributed by atoms with E-state index >= 15 is 0 Å². The van der Waals surface area contributed by atoms with Crippen LogP contribution in [0.15, 0.2) is 23.0 Å². The molecular formula is C11H19ClN2O2. The van der Waals surface area contributed by atoms with Gasteiger partial charge in [-0.2, -0.15) is 0 Å². The van der Waals surface area contributed by atoms with Crippen molar-refractivity contribution in [3.63, 3.8) is 0 Å². The van der Waals surface area contributed by atoms with Gasteiger partial charge in [0, 0.05) is 6.54 Å². The molecule has 0 saturated carbocycles. The van der Waals surface area contributed by atoms with Crippen LogP contribution in [0.2, 0.25) is 0 Å². The molecule has 0 fully saturated rings. The van der Waals surface area contributed by atoms with Crippen LogP contribution in [0.1, 0.15) is 37.0 Å². The van der Waals surface area contributed by atoms with Gasteiger partial charge in [-0.25, -0.2) is 0 Å². The zero-order valence-electron chi connectivity index (χ0n) is 9.66. The standard InChI is InChI=1S/C11H18N2O2.ClH/c1-3-11(4-2,8-12)13-10(14)9-5-6-15-7-9;/h5-7H,3-4,8,12H2,1-2H3,(H,13,14);1H. The van der Waals surface area contributed by atoms with E-state index in [0.717, 1.165) is 12.8 Å². The van der Waals surface area contributed by atoms with Gasteiger partial charge in [-0.05, 0) is 18.9 Å². The first-order chi connectivity index (χ1) is 7.17. The highest BCUT2D eigenvalue weighted by atomic mass is 35.5. The number of nitrogens with one attached hydrogen (secondary N) is 1. The van der Waals surface area contributed by atoms with Crippen molar-refractivity contribution >= 4 is 18.3 Å². The molecule has 0 saturated heterocycles. The quantitative estimate of drug-likeness (QED) is 0.835. The summed E-state index contributed by atoms with van der Waals surface area (Å²) in [4.78, 5) is 11.8. The van der Waals surface area contributed by atoms with Crippen LogP contribution in [0.4, 0.5) is 0 Å². The van der Waals surface area contributed by atoms with E-state index in [2.05, 4.69) is 5.32 Å². The summed E-state index contributed by atoms with van der Waals surface area (Å²) in [5, 5.41) is 2.96. The predicted molar refractivity (Wildman–Crippen MR) is 65.8 cm³/mol. The number of furan rings is 1. The fourth-order valence-corrected chi connectivity index (χ4v) is 1.47. The van der Waals surface area contributed by atoms with Crippen molar-refractivity contribution in [3.05, 3.63) is 24.2 Å². The lowest BCUT2D eigenvalue weighted by atomic mass is 9.92. The molecule has 1 aromatic rings. The summed E-state index contributed by atoms with van der Waals surface area (Å²) in [5.74, 6) is -0.127. The van der Waals surface area contributed by atoms with E-state index in [1.54, 1.807) is 6.07 Å². The summed E-state index contributed by atoms with van der Waals surface area (Å²) < 4.78 is 4.86. The first kappa shape index (κ1) is 15.0. The number of carbonyl (C=O) groups is 1. The first-order valence-electron chi connectivity index (χ1n) is 5.22. The van der Waals surface area contributed by atoms with Gasteiger partial charge in [0.1, 0.15) is 6.26 Å². The molecule has 1 aromatic heterocycles. The molecule has 3 N–H and O–H groups in total. The molecule has 0 aliphatic rings. The van der Waals surface area contributed by atoms with Gasteiger partial charge in [0.05, 0.1) is 17.4 Å². The van der Waals surface area contributed by atoms with E-state index in [1.807, 2.05) is 13.8 Å². The van der Waals surface area contributed by atoms with Crippen molar-refractivity contribution in [3.8, 4) is 0 Å². The maximum absolute atomic E-state index is 11.8. The van der Waals surface area contributed by atoms with Gasteiger partial charge in [0.2, 0.25) is 0 Å². The van der Waals surface area contributed by atoms with Crippen LogP contribution in [-0.2, 0) is 0 Å². The topological polar surface area (TPSA) is 68.3 Å². The van der Waals surface area contributed by atoms with Crippen LogP contribution in [0.25, 0.3) is 0 Å².